The van der Waals surface area contributed by atoms with Crippen LogP contribution >= 0.6 is 23.1 Å². The van der Waals surface area contributed by atoms with E-state index < -0.39 is 0 Å². The van der Waals surface area contributed by atoms with E-state index in [9.17, 15) is 0 Å². The maximum absolute atomic E-state index is 4.70. The van der Waals surface area contributed by atoms with Crippen molar-refractivity contribution < 1.29 is 5.32 Å². The lowest BCUT2D eigenvalue weighted by Gasteiger charge is -2.02. The van der Waals surface area contributed by atoms with Crippen molar-refractivity contribution in [2.45, 2.75) is 35.9 Å². The second-order valence-corrected chi connectivity index (χ2v) is 7.85. The first-order valence-electron chi connectivity index (χ1n) is 7.53. The van der Waals surface area contributed by atoms with Gasteiger partial charge in [0, 0.05) is 18.6 Å². The number of hydrogen-bond donors (Lipinski definition) is 1. The summed E-state index contributed by atoms with van der Waals surface area (Å²) in [5.74, 6) is 1.95. The fraction of sp³-hybridized carbons (Fsp3) is 0.400. The lowest BCUT2D eigenvalue weighted by molar-refractivity contribution is -0.677. The minimum Gasteiger partial charge on any atom is -0.337 e. The van der Waals surface area contributed by atoms with Gasteiger partial charge in [0.05, 0.1) is 6.54 Å². The van der Waals surface area contributed by atoms with Gasteiger partial charge in [0.15, 0.2) is 4.34 Å². The molecule has 1 atom stereocenters. The number of nitrogens with zero attached hydrogens (tertiary/aromatic N) is 4. The normalized spacial score (nSPS) is 18.3. The molecule has 5 nitrogen and oxygen atoms in total. The molecule has 0 unspecified atom stereocenters. The van der Waals surface area contributed by atoms with Gasteiger partial charge in [-0.1, -0.05) is 52.9 Å². The van der Waals surface area contributed by atoms with Crippen molar-refractivity contribution in [3.63, 3.8) is 0 Å². The number of quaternary nitrogens is 1. The molecule has 0 aliphatic carbocycles. The average molecular weight is 332 g/mol. The van der Waals surface area contributed by atoms with Gasteiger partial charge < -0.3 is 5.32 Å². The van der Waals surface area contributed by atoms with Gasteiger partial charge in [-0.2, -0.15) is 4.52 Å². The van der Waals surface area contributed by atoms with Crippen molar-refractivity contribution in [3.05, 3.63) is 41.2 Å². The third-order valence-electron chi connectivity index (χ3n) is 3.98. The number of rotatable bonds is 4. The number of fused-ring (bicyclic) bond motifs is 1. The lowest BCUT2D eigenvalue weighted by atomic mass is 10.2. The quantitative estimate of drug-likeness (QED) is 0.744. The molecule has 1 aromatic carbocycles. The first-order valence-corrected chi connectivity index (χ1v) is 9.33. The Labute approximate surface area is 137 Å². The molecule has 0 bridgehead atoms. The fourth-order valence-corrected chi connectivity index (χ4v) is 4.58. The number of aryl methyl sites for hydroxylation is 1. The van der Waals surface area contributed by atoms with Crippen molar-refractivity contribution in [2.75, 3.05) is 6.54 Å². The van der Waals surface area contributed by atoms with Gasteiger partial charge in [0.2, 0.25) is 10.8 Å². The molecule has 2 N–H and O–H groups in total. The van der Waals surface area contributed by atoms with E-state index >= 15 is 0 Å². The Morgan fingerprint density at radius 1 is 1.32 bits per heavy atom. The monoisotopic (exact) mass is 332 g/mol. The van der Waals surface area contributed by atoms with E-state index in [2.05, 4.69) is 46.7 Å². The van der Waals surface area contributed by atoms with Crippen molar-refractivity contribution in [1.29, 1.82) is 0 Å². The van der Waals surface area contributed by atoms with Crippen LogP contribution in [0.25, 0.3) is 4.96 Å². The van der Waals surface area contributed by atoms with E-state index in [-0.39, 0.29) is 0 Å². The summed E-state index contributed by atoms with van der Waals surface area (Å²) in [5.41, 5.74) is 2.62. The predicted octanol–water partition coefficient (Wildman–Crippen LogP) is 2.18. The maximum atomic E-state index is 4.70. The smallest absolute Gasteiger partial charge is 0.235 e. The van der Waals surface area contributed by atoms with Crippen molar-refractivity contribution in [2.24, 2.45) is 0 Å². The Kier molecular flexibility index (Phi) is 3.85. The zero-order valence-electron chi connectivity index (χ0n) is 12.4. The van der Waals surface area contributed by atoms with Gasteiger partial charge in [-0.15, -0.1) is 15.3 Å². The third-order valence-corrected chi connectivity index (χ3v) is 6.08. The maximum Gasteiger partial charge on any atom is 0.235 e. The van der Waals surface area contributed by atoms with Crippen LogP contribution in [0.2, 0.25) is 0 Å². The SMILES string of the molecule is Cc1ccc(CSc2nn3c([C@H]4CCC[NH2+]4)nnc3s2)cc1. The van der Waals surface area contributed by atoms with Crippen LogP contribution in [-0.2, 0) is 5.75 Å². The summed E-state index contributed by atoms with van der Waals surface area (Å²) in [6, 6.07) is 9.10. The second kappa shape index (κ2) is 5.98. The molecule has 0 saturated carbocycles. The highest BCUT2D eigenvalue weighted by atomic mass is 32.2. The molecule has 3 heterocycles. The van der Waals surface area contributed by atoms with Crippen molar-refractivity contribution >= 4 is 28.1 Å². The number of aromatic nitrogens is 4. The summed E-state index contributed by atoms with van der Waals surface area (Å²) in [5, 5.41) is 15.7. The van der Waals surface area contributed by atoms with Gasteiger partial charge >= 0.3 is 0 Å². The molecule has 0 radical (unpaired) electrons. The average Bonchev–Trinajstić information content (AvgIpc) is 3.22. The zero-order chi connectivity index (χ0) is 14.9. The first kappa shape index (κ1) is 14.2. The summed E-state index contributed by atoms with van der Waals surface area (Å²) < 4.78 is 3.00. The van der Waals surface area contributed by atoms with E-state index in [0.29, 0.717) is 6.04 Å². The molecule has 2 aromatic heterocycles. The van der Waals surface area contributed by atoms with Gasteiger partial charge in [-0.05, 0) is 12.5 Å². The lowest BCUT2D eigenvalue weighted by Crippen LogP contribution is -2.82. The predicted molar refractivity (Wildman–Crippen MR) is 88.2 cm³/mol. The largest absolute Gasteiger partial charge is 0.337 e. The molecule has 0 spiro atoms. The fourth-order valence-electron chi connectivity index (χ4n) is 2.74. The minimum absolute atomic E-state index is 0.423. The number of thioether (sulfide) groups is 1. The second-order valence-electron chi connectivity index (χ2n) is 5.67. The molecule has 3 aromatic rings. The van der Waals surface area contributed by atoms with Crippen LogP contribution < -0.4 is 5.32 Å². The molecule has 1 aliphatic heterocycles. The van der Waals surface area contributed by atoms with E-state index in [1.165, 1.54) is 30.5 Å². The molecule has 4 rings (SSSR count). The molecule has 1 fully saturated rings. The number of hydrogen-bond acceptors (Lipinski definition) is 5. The van der Waals surface area contributed by atoms with E-state index in [0.717, 1.165) is 20.9 Å². The van der Waals surface area contributed by atoms with Crippen LogP contribution in [0.4, 0.5) is 0 Å². The molecule has 0 amide bonds. The van der Waals surface area contributed by atoms with Gasteiger partial charge in [0.1, 0.15) is 6.04 Å². The van der Waals surface area contributed by atoms with Gasteiger partial charge in [-0.3, -0.25) is 0 Å². The van der Waals surface area contributed by atoms with Crippen molar-refractivity contribution in [1.82, 2.24) is 19.8 Å². The highest BCUT2D eigenvalue weighted by Gasteiger charge is 2.27. The zero-order valence-corrected chi connectivity index (χ0v) is 14.0. The van der Waals surface area contributed by atoms with Crippen LogP contribution in [0, 0.1) is 6.92 Å². The number of benzene rings is 1. The summed E-state index contributed by atoms with van der Waals surface area (Å²) in [7, 11) is 0. The third kappa shape index (κ3) is 2.76. The van der Waals surface area contributed by atoms with Crippen molar-refractivity contribution in [3.8, 4) is 0 Å². The van der Waals surface area contributed by atoms with Crippen LogP contribution in [0.15, 0.2) is 28.6 Å². The first-order chi connectivity index (χ1) is 10.8. The molecule has 114 valence electrons. The summed E-state index contributed by atoms with van der Waals surface area (Å²) in [4.78, 5) is 0.904. The Hall–Kier alpha value is -1.44. The Balaban J connectivity index is 1.51. The standard InChI is InChI=1S/C15H17N5S2/c1-10-4-6-11(7-5-10)9-21-15-19-20-13(12-3-2-8-16-12)17-18-14(20)22-15/h4-7,12,16H,2-3,8-9H2,1H3/p+1/t12-/m1/s1. The van der Waals surface area contributed by atoms with Crippen LogP contribution in [0.5, 0.6) is 0 Å². The highest BCUT2D eigenvalue weighted by Crippen LogP contribution is 2.28. The molecule has 1 aliphatic rings. The molecule has 7 heteroatoms. The van der Waals surface area contributed by atoms with E-state index in [1.807, 2.05) is 4.52 Å². The molecule has 1 saturated heterocycles. The Bertz CT molecular complexity index is 771. The van der Waals surface area contributed by atoms with Crippen LogP contribution in [0.3, 0.4) is 0 Å². The minimum atomic E-state index is 0.423. The Morgan fingerprint density at radius 3 is 2.95 bits per heavy atom. The molecule has 22 heavy (non-hydrogen) atoms. The summed E-state index contributed by atoms with van der Waals surface area (Å²) >= 11 is 3.40. The Morgan fingerprint density at radius 2 is 2.18 bits per heavy atom. The van der Waals surface area contributed by atoms with E-state index in [1.54, 1.807) is 23.1 Å². The van der Waals surface area contributed by atoms with Gasteiger partial charge in [-0.25, -0.2) is 0 Å². The summed E-state index contributed by atoms with van der Waals surface area (Å²) in [6.07, 6.45) is 2.42. The topological polar surface area (TPSA) is 59.7 Å². The number of nitrogens with two attached hydrogens (primary N) is 1. The molecular formula is C15H18N5S2+. The molecular weight excluding hydrogens is 314 g/mol. The van der Waals surface area contributed by atoms with Crippen LogP contribution in [-0.4, -0.2) is 26.4 Å². The van der Waals surface area contributed by atoms with Crippen LogP contribution in [0.1, 0.15) is 35.8 Å². The van der Waals surface area contributed by atoms with E-state index in [4.69, 9.17) is 5.10 Å². The summed E-state index contributed by atoms with van der Waals surface area (Å²) in [6.45, 7) is 3.29. The highest BCUT2D eigenvalue weighted by molar-refractivity contribution is 8.00. The van der Waals surface area contributed by atoms with Gasteiger partial charge in [0.25, 0.3) is 0 Å².